The fraction of sp³-hybridized carbons (Fsp3) is 0.188. The van der Waals surface area contributed by atoms with E-state index in [1.807, 2.05) is 0 Å². The van der Waals surface area contributed by atoms with Gasteiger partial charge in [-0.15, -0.1) is 0 Å². The van der Waals surface area contributed by atoms with E-state index in [1.54, 1.807) is 29.2 Å². The Hall–Kier alpha value is -1.91. The molecule has 3 rings (SSSR count). The second-order valence-electron chi connectivity index (χ2n) is 4.97. The average Bonchev–Trinajstić information content (AvgIpc) is 2.47. The number of nitrogens with zero attached hydrogens (tertiary/aromatic N) is 1. The highest BCUT2D eigenvalue weighted by Gasteiger charge is 2.28. The highest BCUT2D eigenvalue weighted by atomic mass is 35.5. The average molecular weight is 306 g/mol. The van der Waals surface area contributed by atoms with Crippen LogP contribution in [0, 0.1) is 5.82 Å². The van der Waals surface area contributed by atoms with Crippen LogP contribution in [0.4, 0.5) is 10.1 Å². The Balaban J connectivity index is 2.01. The summed E-state index contributed by atoms with van der Waals surface area (Å²) in [5, 5.41) is 10.6. The third-order valence-electron chi connectivity index (χ3n) is 3.58. The van der Waals surface area contributed by atoms with Crippen LogP contribution >= 0.6 is 11.6 Å². The summed E-state index contributed by atoms with van der Waals surface area (Å²) in [6, 6.07) is 10.6. The molecule has 1 unspecified atom stereocenters. The van der Waals surface area contributed by atoms with Crippen molar-refractivity contribution in [2.24, 2.45) is 0 Å². The van der Waals surface area contributed by atoms with Crippen LogP contribution in [-0.4, -0.2) is 17.6 Å². The largest absolute Gasteiger partial charge is 0.388 e. The molecular weight excluding hydrogens is 293 g/mol. The number of halogens is 2. The predicted molar refractivity (Wildman–Crippen MR) is 79.1 cm³/mol. The van der Waals surface area contributed by atoms with Crippen LogP contribution < -0.4 is 4.90 Å². The van der Waals surface area contributed by atoms with Crippen LogP contribution in [0.3, 0.4) is 0 Å². The monoisotopic (exact) mass is 305 g/mol. The number of amides is 1. The molecule has 0 spiro atoms. The maximum absolute atomic E-state index is 13.3. The second kappa shape index (κ2) is 5.47. The summed E-state index contributed by atoms with van der Waals surface area (Å²) in [6.45, 7) is 0.380. The lowest BCUT2D eigenvalue weighted by Gasteiger charge is -2.32. The van der Waals surface area contributed by atoms with E-state index in [0.717, 1.165) is 0 Å². The van der Waals surface area contributed by atoms with Crippen LogP contribution in [-0.2, 0) is 0 Å². The van der Waals surface area contributed by atoms with Crippen molar-refractivity contribution in [1.29, 1.82) is 0 Å². The maximum Gasteiger partial charge on any atom is 0.258 e. The number of carbonyl (C=O) groups excluding carboxylic acids is 1. The van der Waals surface area contributed by atoms with Gasteiger partial charge >= 0.3 is 0 Å². The van der Waals surface area contributed by atoms with Gasteiger partial charge in [-0.05, 0) is 42.8 Å². The maximum atomic E-state index is 13.3. The molecule has 2 aromatic rings. The van der Waals surface area contributed by atoms with Gasteiger partial charge in [0.1, 0.15) is 5.82 Å². The zero-order valence-electron chi connectivity index (χ0n) is 11.1. The van der Waals surface area contributed by atoms with Gasteiger partial charge in [-0.2, -0.15) is 0 Å². The Morgan fingerprint density at radius 3 is 2.86 bits per heavy atom. The summed E-state index contributed by atoms with van der Waals surface area (Å²) in [5.41, 5.74) is 1.53. The quantitative estimate of drug-likeness (QED) is 0.875. The summed E-state index contributed by atoms with van der Waals surface area (Å²) in [5.74, 6) is -0.737. The van der Waals surface area contributed by atoms with Crippen LogP contribution in [0.1, 0.15) is 28.4 Å². The lowest BCUT2D eigenvalue weighted by Crippen LogP contribution is -2.36. The first-order valence-electron chi connectivity index (χ1n) is 6.61. The zero-order valence-corrected chi connectivity index (χ0v) is 11.8. The number of carbonyl (C=O) groups is 1. The van der Waals surface area contributed by atoms with Crippen LogP contribution in [0.25, 0.3) is 0 Å². The number of hydrogen-bond acceptors (Lipinski definition) is 2. The standard InChI is InChI=1S/C16H13ClFNO2/c17-11-4-5-14-13(9-11)15(20)6-7-19(14)16(21)10-2-1-3-12(18)8-10/h1-5,8-9,15,20H,6-7H2. The lowest BCUT2D eigenvalue weighted by atomic mass is 9.98. The van der Waals surface area contributed by atoms with Crippen molar-refractivity contribution in [2.75, 3.05) is 11.4 Å². The predicted octanol–water partition coefficient (Wildman–Crippen LogP) is 3.56. The van der Waals surface area contributed by atoms with Gasteiger partial charge in [-0.3, -0.25) is 4.79 Å². The molecule has 1 heterocycles. The van der Waals surface area contributed by atoms with Crippen LogP contribution in [0.15, 0.2) is 42.5 Å². The molecule has 5 heteroatoms. The van der Waals surface area contributed by atoms with E-state index in [4.69, 9.17) is 11.6 Å². The first-order valence-corrected chi connectivity index (χ1v) is 6.99. The highest BCUT2D eigenvalue weighted by Crippen LogP contribution is 2.36. The first-order chi connectivity index (χ1) is 10.1. The zero-order chi connectivity index (χ0) is 15.0. The molecule has 1 N–H and O–H groups in total. The fourth-order valence-corrected chi connectivity index (χ4v) is 2.73. The van der Waals surface area contributed by atoms with E-state index in [1.165, 1.54) is 18.2 Å². The van der Waals surface area contributed by atoms with Gasteiger partial charge in [0.15, 0.2) is 0 Å². The second-order valence-corrected chi connectivity index (χ2v) is 5.41. The lowest BCUT2D eigenvalue weighted by molar-refractivity contribution is 0.0970. The van der Waals surface area contributed by atoms with Crippen molar-refractivity contribution in [3.63, 3.8) is 0 Å². The van der Waals surface area contributed by atoms with Crippen molar-refractivity contribution < 1.29 is 14.3 Å². The molecule has 108 valence electrons. The van der Waals surface area contributed by atoms with E-state index in [0.29, 0.717) is 29.2 Å². The van der Waals surface area contributed by atoms with Gasteiger partial charge in [0.2, 0.25) is 0 Å². The van der Waals surface area contributed by atoms with Crippen molar-refractivity contribution in [3.8, 4) is 0 Å². The Bertz CT molecular complexity index is 704. The Morgan fingerprint density at radius 2 is 2.10 bits per heavy atom. The van der Waals surface area contributed by atoms with Gasteiger partial charge < -0.3 is 10.0 Å². The van der Waals surface area contributed by atoms with Crippen molar-refractivity contribution >= 4 is 23.2 Å². The molecule has 0 aromatic heterocycles. The van der Waals surface area contributed by atoms with Crippen molar-refractivity contribution in [1.82, 2.24) is 0 Å². The fourth-order valence-electron chi connectivity index (χ4n) is 2.55. The topological polar surface area (TPSA) is 40.5 Å². The molecule has 1 amide bonds. The molecule has 21 heavy (non-hydrogen) atoms. The van der Waals surface area contributed by atoms with Crippen LogP contribution in [0.5, 0.6) is 0 Å². The van der Waals surface area contributed by atoms with Crippen LogP contribution in [0.2, 0.25) is 5.02 Å². The van der Waals surface area contributed by atoms with Gasteiger partial charge in [-0.25, -0.2) is 4.39 Å². The minimum absolute atomic E-state index is 0.285. The number of fused-ring (bicyclic) bond motifs is 1. The van der Waals surface area contributed by atoms with Crippen molar-refractivity contribution in [2.45, 2.75) is 12.5 Å². The molecule has 0 saturated carbocycles. The normalized spacial score (nSPS) is 17.5. The number of anilines is 1. The highest BCUT2D eigenvalue weighted by molar-refractivity contribution is 6.30. The van der Waals surface area contributed by atoms with Crippen molar-refractivity contribution in [3.05, 3.63) is 64.4 Å². The van der Waals surface area contributed by atoms with E-state index >= 15 is 0 Å². The third-order valence-corrected chi connectivity index (χ3v) is 3.82. The molecule has 0 fully saturated rings. The Morgan fingerprint density at radius 1 is 1.29 bits per heavy atom. The van der Waals surface area contributed by atoms with E-state index in [2.05, 4.69) is 0 Å². The summed E-state index contributed by atoms with van der Waals surface area (Å²) < 4.78 is 13.3. The molecule has 0 radical (unpaired) electrons. The first kappa shape index (κ1) is 14.0. The van der Waals surface area contributed by atoms with E-state index in [-0.39, 0.29) is 11.5 Å². The summed E-state index contributed by atoms with van der Waals surface area (Å²) in [6.07, 6.45) is -0.218. The number of rotatable bonds is 1. The van der Waals surface area contributed by atoms with Gasteiger partial charge in [-0.1, -0.05) is 17.7 Å². The van der Waals surface area contributed by atoms with Gasteiger partial charge in [0, 0.05) is 28.4 Å². The third kappa shape index (κ3) is 2.64. The number of hydrogen-bond donors (Lipinski definition) is 1. The molecule has 2 aromatic carbocycles. The smallest absolute Gasteiger partial charge is 0.258 e. The molecule has 0 bridgehead atoms. The summed E-state index contributed by atoms with van der Waals surface area (Å²) in [4.78, 5) is 14.1. The molecule has 1 atom stereocenters. The van der Waals surface area contributed by atoms with E-state index in [9.17, 15) is 14.3 Å². The molecule has 0 aliphatic carbocycles. The molecule has 1 aliphatic rings. The van der Waals surface area contributed by atoms with Gasteiger partial charge in [0.25, 0.3) is 5.91 Å². The minimum atomic E-state index is -0.643. The van der Waals surface area contributed by atoms with E-state index < -0.39 is 11.9 Å². The molecule has 0 saturated heterocycles. The minimum Gasteiger partial charge on any atom is -0.388 e. The number of aliphatic hydroxyl groups is 1. The SMILES string of the molecule is O=C(c1cccc(F)c1)N1CCC(O)c2cc(Cl)ccc21. The summed E-state index contributed by atoms with van der Waals surface area (Å²) >= 11 is 5.94. The molecule has 3 nitrogen and oxygen atoms in total. The Labute approximate surface area is 126 Å². The number of benzene rings is 2. The van der Waals surface area contributed by atoms with Gasteiger partial charge in [0.05, 0.1) is 6.10 Å². The Kier molecular flexibility index (Phi) is 3.66. The molecular formula is C16H13ClFNO2. The summed E-state index contributed by atoms with van der Waals surface area (Å²) in [7, 11) is 0. The number of aliphatic hydroxyl groups excluding tert-OH is 1. The molecule has 1 aliphatic heterocycles.